The molecule has 0 N–H and O–H groups in total. The lowest BCUT2D eigenvalue weighted by atomic mass is 9.96. The van der Waals surface area contributed by atoms with E-state index in [1.54, 1.807) is 13.3 Å². The summed E-state index contributed by atoms with van der Waals surface area (Å²) in [6.07, 6.45) is 0. The first-order valence-electron chi connectivity index (χ1n) is 7.91. The van der Waals surface area contributed by atoms with Crippen LogP contribution in [0.15, 0.2) is 53.1 Å². The van der Waals surface area contributed by atoms with Gasteiger partial charge < -0.3 is 9.09 Å². The van der Waals surface area contributed by atoms with Crippen molar-refractivity contribution in [2.75, 3.05) is 13.3 Å². The first kappa shape index (κ1) is 16.7. The highest BCUT2D eigenvalue weighted by molar-refractivity contribution is 7.70. The van der Waals surface area contributed by atoms with Crippen LogP contribution in [0.25, 0.3) is 11.5 Å². The minimum Gasteiger partial charge on any atom is -0.334 e. The molecule has 24 heavy (non-hydrogen) atoms. The Morgan fingerprint density at radius 3 is 2.33 bits per heavy atom. The van der Waals surface area contributed by atoms with Crippen molar-refractivity contribution < 1.29 is 9.09 Å². The largest absolute Gasteiger partial charge is 0.334 e. The van der Waals surface area contributed by atoms with Gasteiger partial charge in [0.2, 0.25) is 0 Å². The number of nitrogens with zero attached hydrogens (tertiary/aromatic N) is 2. The van der Waals surface area contributed by atoms with Crippen molar-refractivity contribution >= 4 is 12.4 Å². The van der Waals surface area contributed by atoms with Crippen molar-refractivity contribution in [3.05, 3.63) is 65.5 Å². The minimum atomic E-state index is -2.25. The van der Waals surface area contributed by atoms with Gasteiger partial charge in [-0.15, -0.1) is 0 Å². The highest BCUT2D eigenvalue weighted by Gasteiger charge is 2.18. The van der Waals surface area contributed by atoms with Crippen LogP contribution >= 0.6 is 7.14 Å². The quantitative estimate of drug-likeness (QED) is 0.659. The maximum absolute atomic E-state index is 12.1. The summed E-state index contributed by atoms with van der Waals surface area (Å²) in [5.74, 6) is 1.22. The molecule has 1 heterocycles. The van der Waals surface area contributed by atoms with Crippen molar-refractivity contribution in [1.82, 2.24) is 10.1 Å². The second-order valence-electron chi connectivity index (χ2n) is 6.43. The fourth-order valence-electron chi connectivity index (χ4n) is 2.70. The lowest BCUT2D eigenvalue weighted by Gasteiger charge is -2.10. The van der Waals surface area contributed by atoms with Gasteiger partial charge in [-0.25, -0.2) is 0 Å². The van der Waals surface area contributed by atoms with Crippen LogP contribution in [0.4, 0.5) is 0 Å². The zero-order chi connectivity index (χ0) is 17.3. The van der Waals surface area contributed by atoms with Gasteiger partial charge in [-0.3, -0.25) is 0 Å². The first-order valence-corrected chi connectivity index (χ1v) is 10.5. The molecule has 4 nitrogen and oxygen atoms in total. The monoisotopic (exact) mass is 340 g/mol. The third-order valence-corrected chi connectivity index (χ3v) is 5.76. The lowest BCUT2D eigenvalue weighted by Crippen LogP contribution is -2.02. The Morgan fingerprint density at radius 2 is 1.71 bits per heavy atom. The molecule has 0 fully saturated rings. The molecule has 0 bridgehead atoms. The topological polar surface area (TPSA) is 56.0 Å². The summed E-state index contributed by atoms with van der Waals surface area (Å²) >= 11 is 0. The number of benzene rings is 2. The molecule has 0 saturated carbocycles. The molecule has 1 unspecified atom stereocenters. The average molecular weight is 340 g/mol. The van der Waals surface area contributed by atoms with Gasteiger partial charge in [0.15, 0.2) is 5.82 Å². The van der Waals surface area contributed by atoms with E-state index in [1.165, 1.54) is 11.1 Å². The molecule has 0 amide bonds. The predicted molar refractivity (Wildman–Crippen MR) is 97.5 cm³/mol. The minimum absolute atomic E-state index is 0.0643. The Hall–Kier alpha value is -2.19. The van der Waals surface area contributed by atoms with Gasteiger partial charge in [-0.05, 0) is 43.5 Å². The van der Waals surface area contributed by atoms with Crippen molar-refractivity contribution in [3.63, 3.8) is 0 Å². The maximum atomic E-state index is 12.1. The molecule has 5 heteroatoms. The fourth-order valence-corrected chi connectivity index (χ4v) is 3.57. The summed E-state index contributed by atoms with van der Waals surface area (Å²) in [5, 5.41) is 4.99. The lowest BCUT2D eigenvalue weighted by molar-refractivity contribution is 0.420. The molecule has 0 aliphatic carbocycles. The van der Waals surface area contributed by atoms with E-state index in [-0.39, 0.29) is 5.92 Å². The fraction of sp³-hybridized carbons (Fsp3) is 0.263. The van der Waals surface area contributed by atoms with Crippen molar-refractivity contribution in [2.45, 2.75) is 19.8 Å². The zero-order valence-electron chi connectivity index (χ0n) is 14.4. The van der Waals surface area contributed by atoms with Crippen LogP contribution in [-0.2, 0) is 4.57 Å². The molecular weight excluding hydrogens is 319 g/mol. The number of aromatic nitrogens is 2. The summed E-state index contributed by atoms with van der Waals surface area (Å²) in [7, 11) is -2.25. The first-order chi connectivity index (χ1) is 11.4. The predicted octanol–water partition coefficient (Wildman–Crippen LogP) is 4.44. The van der Waals surface area contributed by atoms with Gasteiger partial charge in [-0.2, -0.15) is 4.98 Å². The zero-order valence-corrected chi connectivity index (χ0v) is 15.2. The van der Waals surface area contributed by atoms with Gasteiger partial charge in [0.05, 0.1) is 0 Å². The van der Waals surface area contributed by atoms with E-state index in [0.717, 1.165) is 10.9 Å². The Bertz CT molecular complexity index is 894. The molecule has 0 aliphatic rings. The second kappa shape index (κ2) is 6.37. The van der Waals surface area contributed by atoms with Crippen LogP contribution in [0.5, 0.6) is 0 Å². The summed E-state index contributed by atoms with van der Waals surface area (Å²) in [4.78, 5) is 4.54. The molecule has 3 aromatic rings. The molecule has 0 saturated heterocycles. The molecule has 0 spiro atoms. The van der Waals surface area contributed by atoms with Gasteiger partial charge >= 0.3 is 0 Å². The summed E-state index contributed by atoms with van der Waals surface area (Å²) in [5.41, 5.74) is 3.24. The molecular formula is C19H21N2O2P. The molecule has 2 aromatic carbocycles. The normalized spacial score (nSPS) is 13.0. The molecule has 1 atom stereocenters. The van der Waals surface area contributed by atoms with Crippen LogP contribution in [0, 0.1) is 6.92 Å². The number of aryl methyl sites for hydroxylation is 1. The second-order valence-corrected chi connectivity index (χ2v) is 9.65. The van der Waals surface area contributed by atoms with E-state index < -0.39 is 7.14 Å². The van der Waals surface area contributed by atoms with Gasteiger partial charge in [0, 0.05) is 16.8 Å². The van der Waals surface area contributed by atoms with E-state index in [2.05, 4.69) is 36.1 Å². The van der Waals surface area contributed by atoms with Gasteiger partial charge in [0.25, 0.3) is 5.89 Å². The Labute approximate surface area is 142 Å². The van der Waals surface area contributed by atoms with Crippen LogP contribution in [-0.4, -0.2) is 23.5 Å². The number of rotatable bonds is 4. The standard InChI is InChI=1S/C19H21N2O2P/c1-13-7-5-6-8-17(13)14(2)18-20-19(23-21-18)15-9-11-16(12-10-15)24(3,4)22/h5-12,14H,1-4H3. The smallest absolute Gasteiger partial charge is 0.257 e. The van der Waals surface area contributed by atoms with E-state index in [1.807, 2.05) is 36.4 Å². The van der Waals surface area contributed by atoms with Crippen molar-refractivity contribution in [2.24, 2.45) is 0 Å². The molecule has 1 aromatic heterocycles. The van der Waals surface area contributed by atoms with Gasteiger partial charge in [-0.1, -0.05) is 48.5 Å². The van der Waals surface area contributed by atoms with Gasteiger partial charge in [0.1, 0.15) is 7.14 Å². The number of hydrogen-bond acceptors (Lipinski definition) is 4. The third kappa shape index (κ3) is 3.34. The van der Waals surface area contributed by atoms with Crippen LogP contribution < -0.4 is 5.30 Å². The average Bonchev–Trinajstić information content (AvgIpc) is 3.04. The van der Waals surface area contributed by atoms with Crippen LogP contribution in [0.3, 0.4) is 0 Å². The molecule has 3 rings (SSSR count). The summed E-state index contributed by atoms with van der Waals surface area (Å²) < 4.78 is 17.5. The summed E-state index contributed by atoms with van der Waals surface area (Å²) in [6.45, 7) is 7.68. The summed E-state index contributed by atoms with van der Waals surface area (Å²) in [6, 6.07) is 15.7. The highest BCUT2D eigenvalue weighted by atomic mass is 31.2. The SMILES string of the molecule is Cc1ccccc1C(C)c1noc(-c2ccc(P(C)(C)=O)cc2)n1. The van der Waals surface area contributed by atoms with E-state index >= 15 is 0 Å². The maximum Gasteiger partial charge on any atom is 0.257 e. The highest BCUT2D eigenvalue weighted by Crippen LogP contribution is 2.35. The Morgan fingerprint density at radius 1 is 1.04 bits per heavy atom. The van der Waals surface area contributed by atoms with Crippen molar-refractivity contribution in [3.8, 4) is 11.5 Å². The molecule has 124 valence electrons. The van der Waals surface area contributed by atoms with Crippen LogP contribution in [0.2, 0.25) is 0 Å². The molecule has 0 radical (unpaired) electrons. The Balaban J connectivity index is 1.88. The van der Waals surface area contributed by atoms with Crippen molar-refractivity contribution in [1.29, 1.82) is 0 Å². The Kier molecular flexibility index (Phi) is 4.42. The van der Waals surface area contributed by atoms with E-state index in [0.29, 0.717) is 11.7 Å². The van der Waals surface area contributed by atoms with Crippen LogP contribution in [0.1, 0.15) is 29.8 Å². The number of hydrogen-bond donors (Lipinski definition) is 0. The molecule has 0 aliphatic heterocycles. The van der Waals surface area contributed by atoms with E-state index in [4.69, 9.17) is 4.52 Å². The van der Waals surface area contributed by atoms with E-state index in [9.17, 15) is 4.57 Å². The third-order valence-electron chi connectivity index (χ3n) is 4.22.